The van der Waals surface area contributed by atoms with Gasteiger partial charge in [-0.05, 0) is 37.1 Å². The maximum atomic E-state index is 13.4. The number of benzene rings is 5. The summed E-state index contributed by atoms with van der Waals surface area (Å²) < 4.78 is 11.8. The number of nitrogens with zero attached hydrogens (tertiary/aromatic N) is 1. The standard InChI is InChI=1S/C61H76Cl2N3O6P/c1-3-4-5-6-7-8-9-10-11-12-23-32-58(67)64-48-34-36-53(56(62)43-48)55-45-60(69)72-57-44-49(35-37-54(55)57)71-46(2)61(70)65-47-38-40-66(41-39-47)59(68)33-24-16-25-42-73(63,50-26-17-13-18-27-50,51-28-19-14-20-29-51)52-30-21-15-22-31-52/h13-15,17-22,26-31,34-37,43-44,46-47,55H,3-12,16,23-25,32-33,38-42,45H2,1-2H3,(H,64,67)(H,65,70)/t46-,55?/m1/s1. The predicted octanol–water partition coefficient (Wildman–Crippen LogP) is 13.5. The molecule has 0 bridgehead atoms. The molecule has 1 fully saturated rings. The van der Waals surface area contributed by atoms with Gasteiger partial charge in [0.05, 0.1) is 6.42 Å². The van der Waals surface area contributed by atoms with Gasteiger partial charge in [0.1, 0.15) is 11.5 Å². The first-order valence-corrected chi connectivity index (χ1v) is 30.8. The third-order valence-corrected chi connectivity index (χ3v) is 22.7. The van der Waals surface area contributed by atoms with Crippen molar-refractivity contribution in [1.29, 1.82) is 0 Å². The van der Waals surface area contributed by atoms with E-state index >= 15 is 0 Å². The minimum absolute atomic E-state index is 0.0332. The van der Waals surface area contributed by atoms with E-state index in [1.807, 2.05) is 41.3 Å². The number of ether oxygens (including phenoxy) is 2. The molecule has 0 radical (unpaired) electrons. The van der Waals surface area contributed by atoms with Crippen molar-refractivity contribution in [3.05, 3.63) is 144 Å². The fourth-order valence-electron chi connectivity index (χ4n) is 10.7. The van der Waals surface area contributed by atoms with Crippen LogP contribution in [0.3, 0.4) is 0 Å². The summed E-state index contributed by atoms with van der Waals surface area (Å²) in [5, 5.41) is 10.0. The van der Waals surface area contributed by atoms with Gasteiger partial charge in [0, 0.05) is 34.7 Å². The molecular formula is C61H76Cl2N3O6P. The minimum atomic E-state index is -3.34. The number of rotatable bonds is 27. The number of carbonyl (C=O) groups excluding carboxylic acids is 4. The topological polar surface area (TPSA) is 114 Å². The second kappa shape index (κ2) is 27.4. The zero-order chi connectivity index (χ0) is 51.5. The van der Waals surface area contributed by atoms with Crippen molar-refractivity contribution in [2.45, 2.75) is 154 Å². The van der Waals surface area contributed by atoms with E-state index in [0.29, 0.717) is 61.0 Å². The molecule has 2 N–H and O–H groups in total. The maximum Gasteiger partial charge on any atom is 0.0465 e. The second-order valence-corrected chi connectivity index (χ2v) is 27.2. The summed E-state index contributed by atoms with van der Waals surface area (Å²) in [7, 11) is 0. The number of nitrogens with one attached hydrogen (secondary N) is 2. The zero-order valence-corrected chi connectivity index (χ0v) is 45.4. The molecule has 5 aromatic rings. The Morgan fingerprint density at radius 1 is 0.685 bits per heavy atom. The molecule has 0 aromatic heterocycles. The van der Waals surface area contributed by atoms with Gasteiger partial charge in [-0.2, -0.15) is 0 Å². The van der Waals surface area contributed by atoms with E-state index in [0.717, 1.165) is 71.7 Å². The van der Waals surface area contributed by atoms with E-state index in [2.05, 4.69) is 90.4 Å². The average molecular weight is 1050 g/mol. The van der Waals surface area contributed by atoms with Crippen molar-refractivity contribution < 1.29 is 28.7 Å². The molecule has 1 unspecified atom stereocenters. The third-order valence-electron chi connectivity index (χ3n) is 14.9. The first-order chi connectivity index (χ1) is 35.5. The zero-order valence-electron chi connectivity index (χ0n) is 43.0. The van der Waals surface area contributed by atoms with Gasteiger partial charge in [0.25, 0.3) is 0 Å². The number of halogens is 2. The van der Waals surface area contributed by atoms with Crippen LogP contribution >= 0.6 is 28.8 Å². The van der Waals surface area contributed by atoms with Crippen LogP contribution in [0.1, 0.15) is 153 Å². The van der Waals surface area contributed by atoms with Gasteiger partial charge >= 0.3 is 221 Å². The fourth-order valence-corrected chi connectivity index (χ4v) is 17.2. The van der Waals surface area contributed by atoms with E-state index in [1.54, 1.807) is 25.1 Å². The number of unbranched alkanes of at least 4 members (excludes halogenated alkanes) is 12. The summed E-state index contributed by atoms with van der Waals surface area (Å²) in [5.41, 5.74) is 2.16. The van der Waals surface area contributed by atoms with Crippen LogP contribution < -0.4 is 36.0 Å². The molecule has 5 aromatic carbocycles. The molecule has 7 rings (SSSR count). The van der Waals surface area contributed by atoms with E-state index < -0.39 is 18.0 Å². The van der Waals surface area contributed by atoms with Crippen LogP contribution in [-0.4, -0.2) is 60.0 Å². The molecule has 3 amide bonds. The Kier molecular flexibility index (Phi) is 20.8. The van der Waals surface area contributed by atoms with Gasteiger partial charge in [0.2, 0.25) is 5.91 Å². The molecule has 390 valence electrons. The number of hydrogen-bond acceptors (Lipinski definition) is 6. The maximum absolute atomic E-state index is 13.4. The molecule has 2 aliphatic rings. The van der Waals surface area contributed by atoms with E-state index in [9.17, 15) is 19.2 Å². The van der Waals surface area contributed by atoms with E-state index in [1.165, 1.54) is 51.4 Å². The molecular weight excluding hydrogens is 973 g/mol. The molecule has 0 aliphatic carbocycles. The van der Waals surface area contributed by atoms with Crippen molar-refractivity contribution in [2.75, 3.05) is 24.6 Å². The third kappa shape index (κ3) is 14.8. The molecule has 12 heteroatoms. The van der Waals surface area contributed by atoms with Crippen molar-refractivity contribution >= 4 is 74.1 Å². The largest absolute Gasteiger partial charge is 0.0839 e. The summed E-state index contributed by atoms with van der Waals surface area (Å²) in [4.78, 5) is 54.4. The molecule has 2 aliphatic heterocycles. The summed E-state index contributed by atoms with van der Waals surface area (Å²) in [6.45, 7) is 5.09. The average Bonchev–Trinajstić information content (AvgIpc) is 3.40. The fraction of sp³-hybridized carbons (Fsp3) is 0.443. The Hall–Kier alpha value is -5.21. The first kappa shape index (κ1) is 55.5. The van der Waals surface area contributed by atoms with Crippen LogP contribution in [0, 0.1) is 0 Å². The summed E-state index contributed by atoms with van der Waals surface area (Å²) in [5.74, 6) is -3.50. The number of hydrogen-bond donors (Lipinski definition) is 2. The van der Waals surface area contributed by atoms with Crippen molar-refractivity contribution in [1.82, 2.24) is 10.2 Å². The number of esters is 1. The summed E-state index contributed by atoms with van der Waals surface area (Å²) in [6, 6.07) is 42.1. The smallest absolute Gasteiger partial charge is 0.0465 e. The van der Waals surface area contributed by atoms with Gasteiger partial charge in [-0.25, -0.2) is 0 Å². The number of likely N-dealkylation sites (tertiary alicyclic amines) is 1. The van der Waals surface area contributed by atoms with Crippen molar-refractivity contribution in [3.63, 3.8) is 0 Å². The van der Waals surface area contributed by atoms with Crippen molar-refractivity contribution in [2.24, 2.45) is 0 Å². The summed E-state index contributed by atoms with van der Waals surface area (Å²) in [6.07, 6.45) is 18.4. The number of piperidine rings is 1. The van der Waals surface area contributed by atoms with Crippen LogP contribution in [0.2, 0.25) is 5.02 Å². The van der Waals surface area contributed by atoms with Gasteiger partial charge in [-0.1, -0.05) is 94.9 Å². The normalized spacial score (nSPS) is 15.8. The number of amides is 3. The SMILES string of the molecule is CCCCCCCCCCCCCC(=O)Nc1ccc(C2CC(=O)Oc3cc(O[C@H](C)C(=O)NC4CCN(C(=O)CCCCCP(Cl)(c5ccccc5)(c5ccccc5)c5ccccc5)CC4)ccc32)c(Cl)c1. The van der Waals surface area contributed by atoms with Gasteiger partial charge in [-0.3, -0.25) is 14.4 Å². The van der Waals surface area contributed by atoms with Crippen LogP contribution in [0.25, 0.3) is 0 Å². The molecule has 73 heavy (non-hydrogen) atoms. The molecule has 2 heterocycles. The molecule has 1 saturated heterocycles. The molecule has 9 nitrogen and oxygen atoms in total. The Balaban J connectivity index is 0.833. The Labute approximate surface area is 444 Å². The van der Waals surface area contributed by atoms with Gasteiger partial charge in [-0.15, -0.1) is 0 Å². The Morgan fingerprint density at radius 2 is 1.22 bits per heavy atom. The number of anilines is 1. The minimum Gasteiger partial charge on any atom is -0.0839 e. The summed E-state index contributed by atoms with van der Waals surface area (Å²) >= 11 is 15.1. The van der Waals surface area contributed by atoms with Crippen LogP contribution in [-0.2, 0) is 19.2 Å². The van der Waals surface area contributed by atoms with E-state index in [4.69, 9.17) is 32.3 Å². The van der Waals surface area contributed by atoms with Gasteiger partial charge in [0.15, 0.2) is 6.10 Å². The molecule has 0 saturated carbocycles. The monoisotopic (exact) mass is 1050 g/mol. The van der Waals surface area contributed by atoms with Gasteiger partial charge < -0.3 is 14.8 Å². The van der Waals surface area contributed by atoms with Crippen LogP contribution in [0.15, 0.2) is 127 Å². The number of carbonyl (C=O) groups is 4. The Morgan fingerprint density at radius 3 is 1.79 bits per heavy atom. The van der Waals surface area contributed by atoms with Crippen LogP contribution in [0.4, 0.5) is 5.69 Å². The quantitative estimate of drug-likeness (QED) is 0.0234. The first-order valence-electron chi connectivity index (χ1n) is 27.0. The van der Waals surface area contributed by atoms with Crippen LogP contribution in [0.5, 0.6) is 11.5 Å². The predicted molar refractivity (Wildman–Crippen MR) is 302 cm³/mol. The molecule has 0 spiro atoms. The Bertz CT molecular complexity index is 2480. The molecule has 2 atom stereocenters. The van der Waals surface area contributed by atoms with Crippen molar-refractivity contribution in [3.8, 4) is 11.5 Å². The number of fused-ring (bicyclic) bond motifs is 1. The van der Waals surface area contributed by atoms with E-state index in [-0.39, 0.29) is 36.1 Å². The second-order valence-electron chi connectivity index (χ2n) is 20.1.